The number of hydrogen-bond acceptors (Lipinski definition) is 4. The van der Waals surface area contributed by atoms with E-state index in [2.05, 4.69) is 0 Å². The van der Waals surface area contributed by atoms with Crippen LogP contribution in [-0.4, -0.2) is 43.5 Å². The minimum Gasteiger partial charge on any atom is -0.493 e. The molecule has 0 spiro atoms. The van der Waals surface area contributed by atoms with Gasteiger partial charge in [0.2, 0.25) is 5.91 Å². The van der Waals surface area contributed by atoms with Crippen molar-refractivity contribution >= 4 is 17.7 Å². The van der Waals surface area contributed by atoms with Gasteiger partial charge in [-0.25, -0.2) is 0 Å². The van der Waals surface area contributed by atoms with E-state index >= 15 is 0 Å². The average Bonchev–Trinajstić information content (AvgIpc) is 2.77. The second kappa shape index (κ2) is 6.05. The Balaban J connectivity index is 2.38. The van der Waals surface area contributed by atoms with Gasteiger partial charge in [0.25, 0.3) is 0 Å². The van der Waals surface area contributed by atoms with Crippen molar-refractivity contribution in [1.82, 2.24) is 4.90 Å². The Labute approximate surface area is 124 Å². The van der Waals surface area contributed by atoms with Crippen LogP contribution in [-0.2, 0) is 4.79 Å². The number of benzene rings is 1. The van der Waals surface area contributed by atoms with Crippen LogP contribution in [0.4, 0.5) is 13.2 Å². The van der Waals surface area contributed by atoms with Gasteiger partial charge in [-0.3, -0.25) is 4.79 Å². The third kappa shape index (κ3) is 3.37. The minimum atomic E-state index is -4.44. The number of rotatable bonds is 4. The van der Waals surface area contributed by atoms with Gasteiger partial charge >= 0.3 is 6.18 Å². The smallest absolute Gasteiger partial charge is 0.406 e. The van der Waals surface area contributed by atoms with Crippen molar-refractivity contribution in [1.29, 1.82) is 0 Å². The Morgan fingerprint density at radius 3 is 2.62 bits per heavy atom. The van der Waals surface area contributed by atoms with Gasteiger partial charge in [0.1, 0.15) is 11.9 Å². The van der Waals surface area contributed by atoms with Gasteiger partial charge < -0.3 is 14.4 Å². The van der Waals surface area contributed by atoms with Crippen LogP contribution >= 0.6 is 11.8 Å². The van der Waals surface area contributed by atoms with Crippen molar-refractivity contribution in [2.45, 2.75) is 11.6 Å². The summed E-state index contributed by atoms with van der Waals surface area (Å²) in [6.07, 6.45) is -4.44. The number of halogens is 3. The Hall–Kier alpha value is -1.57. The topological polar surface area (TPSA) is 38.8 Å². The summed E-state index contributed by atoms with van der Waals surface area (Å²) < 4.78 is 48.3. The minimum absolute atomic E-state index is 0.0150. The number of ether oxygens (including phenoxy) is 2. The zero-order chi connectivity index (χ0) is 15.6. The molecule has 1 unspecified atom stereocenters. The van der Waals surface area contributed by atoms with Crippen LogP contribution < -0.4 is 9.47 Å². The number of methoxy groups -OCH3 is 2. The molecule has 4 nitrogen and oxygen atoms in total. The van der Waals surface area contributed by atoms with Gasteiger partial charge in [0, 0.05) is 5.56 Å². The lowest BCUT2D eigenvalue weighted by Crippen LogP contribution is -2.37. The molecule has 0 aromatic heterocycles. The molecule has 21 heavy (non-hydrogen) atoms. The molecule has 1 amide bonds. The number of carbonyl (C=O) groups is 1. The van der Waals surface area contributed by atoms with Gasteiger partial charge in [-0.05, 0) is 6.07 Å². The number of amides is 1. The molecule has 2 rings (SSSR count). The van der Waals surface area contributed by atoms with Gasteiger partial charge in [-0.2, -0.15) is 13.2 Å². The SMILES string of the molecule is COc1cccc(C2SCC(=O)N2CC(F)(F)F)c1OC. The predicted octanol–water partition coefficient (Wildman–Crippen LogP) is 2.84. The molecule has 0 saturated carbocycles. The lowest BCUT2D eigenvalue weighted by molar-refractivity contribution is -0.159. The van der Waals surface area contributed by atoms with E-state index in [1.807, 2.05) is 0 Å². The molecule has 116 valence electrons. The van der Waals surface area contributed by atoms with E-state index in [0.29, 0.717) is 17.1 Å². The summed E-state index contributed by atoms with van der Waals surface area (Å²) in [6.45, 7) is -1.27. The Kier molecular flexibility index (Phi) is 4.55. The molecule has 1 aliphatic rings. The van der Waals surface area contributed by atoms with Crippen molar-refractivity contribution in [2.24, 2.45) is 0 Å². The average molecular weight is 321 g/mol. The number of nitrogens with zero attached hydrogens (tertiary/aromatic N) is 1. The molecule has 1 saturated heterocycles. The molecule has 8 heteroatoms. The first kappa shape index (κ1) is 15.8. The highest BCUT2D eigenvalue weighted by Gasteiger charge is 2.42. The van der Waals surface area contributed by atoms with Crippen molar-refractivity contribution in [3.8, 4) is 11.5 Å². The summed E-state index contributed by atoms with van der Waals surface area (Å²) >= 11 is 1.14. The molecule has 1 aromatic rings. The van der Waals surface area contributed by atoms with Crippen molar-refractivity contribution in [2.75, 3.05) is 26.5 Å². The van der Waals surface area contributed by atoms with Crippen LogP contribution in [0.15, 0.2) is 18.2 Å². The summed E-state index contributed by atoms with van der Waals surface area (Å²) in [4.78, 5) is 12.5. The van der Waals surface area contributed by atoms with E-state index in [1.165, 1.54) is 14.2 Å². The third-order valence-electron chi connectivity index (χ3n) is 3.02. The van der Waals surface area contributed by atoms with Crippen LogP contribution in [0.3, 0.4) is 0 Å². The Morgan fingerprint density at radius 1 is 1.33 bits per heavy atom. The van der Waals surface area contributed by atoms with Crippen molar-refractivity contribution < 1.29 is 27.4 Å². The molecule has 1 atom stereocenters. The molecular weight excluding hydrogens is 307 g/mol. The van der Waals surface area contributed by atoms with E-state index in [4.69, 9.17) is 9.47 Å². The Morgan fingerprint density at radius 2 is 2.05 bits per heavy atom. The first-order valence-electron chi connectivity index (χ1n) is 6.06. The first-order chi connectivity index (χ1) is 9.87. The number of carbonyl (C=O) groups excluding carboxylic acids is 1. The quantitative estimate of drug-likeness (QED) is 0.855. The van der Waals surface area contributed by atoms with Gasteiger partial charge in [0.15, 0.2) is 11.5 Å². The lowest BCUT2D eigenvalue weighted by atomic mass is 10.1. The highest BCUT2D eigenvalue weighted by molar-refractivity contribution is 8.00. The highest BCUT2D eigenvalue weighted by atomic mass is 32.2. The van der Waals surface area contributed by atoms with Crippen LogP contribution in [0.2, 0.25) is 0 Å². The van der Waals surface area contributed by atoms with Crippen LogP contribution in [0.5, 0.6) is 11.5 Å². The fourth-order valence-corrected chi connectivity index (χ4v) is 3.39. The van der Waals surface area contributed by atoms with Crippen LogP contribution in [0.25, 0.3) is 0 Å². The summed E-state index contributed by atoms with van der Waals surface area (Å²) in [5, 5.41) is -0.732. The maximum Gasteiger partial charge on any atom is 0.406 e. The standard InChI is InChI=1S/C13H14F3NO3S/c1-19-9-5-3-4-8(11(9)20-2)12-17(7-13(14,15)16)10(18)6-21-12/h3-5,12H,6-7H2,1-2H3. The summed E-state index contributed by atoms with van der Waals surface area (Å²) in [5.41, 5.74) is 0.497. The van der Waals surface area contributed by atoms with Gasteiger partial charge in [0.05, 0.1) is 20.0 Å². The van der Waals surface area contributed by atoms with E-state index in [1.54, 1.807) is 18.2 Å². The largest absolute Gasteiger partial charge is 0.493 e. The number of hydrogen-bond donors (Lipinski definition) is 0. The Bertz CT molecular complexity index is 536. The fourth-order valence-electron chi connectivity index (χ4n) is 2.18. The normalized spacial score (nSPS) is 19.0. The van der Waals surface area contributed by atoms with Crippen LogP contribution in [0, 0.1) is 0 Å². The van der Waals surface area contributed by atoms with Crippen molar-refractivity contribution in [3.63, 3.8) is 0 Å². The molecule has 0 bridgehead atoms. The molecule has 0 radical (unpaired) electrons. The molecule has 1 fully saturated rings. The van der Waals surface area contributed by atoms with Gasteiger partial charge in [-0.15, -0.1) is 11.8 Å². The molecule has 1 aromatic carbocycles. The maximum atomic E-state index is 12.6. The third-order valence-corrected chi connectivity index (χ3v) is 4.25. The molecule has 0 aliphatic carbocycles. The summed E-state index contributed by atoms with van der Waals surface area (Å²) in [7, 11) is 2.86. The monoisotopic (exact) mass is 321 g/mol. The van der Waals surface area contributed by atoms with Crippen molar-refractivity contribution in [3.05, 3.63) is 23.8 Å². The van der Waals surface area contributed by atoms with E-state index in [0.717, 1.165) is 16.7 Å². The van der Waals surface area contributed by atoms with Gasteiger partial charge in [-0.1, -0.05) is 12.1 Å². The predicted molar refractivity (Wildman–Crippen MR) is 72.5 cm³/mol. The summed E-state index contributed by atoms with van der Waals surface area (Å²) in [6, 6.07) is 4.95. The van der Waals surface area contributed by atoms with E-state index in [-0.39, 0.29) is 5.75 Å². The number of para-hydroxylation sites is 1. The number of thioether (sulfide) groups is 1. The maximum absolute atomic E-state index is 12.6. The zero-order valence-electron chi connectivity index (χ0n) is 11.4. The first-order valence-corrected chi connectivity index (χ1v) is 7.11. The zero-order valence-corrected chi connectivity index (χ0v) is 12.3. The lowest BCUT2D eigenvalue weighted by Gasteiger charge is -2.26. The molecule has 0 N–H and O–H groups in total. The molecule has 1 aliphatic heterocycles. The highest BCUT2D eigenvalue weighted by Crippen LogP contribution is 2.46. The number of alkyl halides is 3. The van der Waals surface area contributed by atoms with Crippen LogP contribution in [0.1, 0.15) is 10.9 Å². The fraction of sp³-hybridized carbons (Fsp3) is 0.462. The molecular formula is C13H14F3NO3S. The second-order valence-electron chi connectivity index (χ2n) is 4.38. The molecule has 1 heterocycles. The van der Waals surface area contributed by atoms with E-state index in [9.17, 15) is 18.0 Å². The second-order valence-corrected chi connectivity index (χ2v) is 5.45. The summed E-state index contributed by atoms with van der Waals surface area (Å²) in [5.74, 6) is 0.245. The van der Waals surface area contributed by atoms with E-state index < -0.39 is 24.0 Å².